The number of nitrogens with zero attached hydrogens (tertiary/aromatic N) is 2. The summed E-state index contributed by atoms with van der Waals surface area (Å²) in [5.41, 5.74) is -0.994. The van der Waals surface area contributed by atoms with Crippen LogP contribution in [0.5, 0.6) is 0 Å². The summed E-state index contributed by atoms with van der Waals surface area (Å²) in [6.07, 6.45) is -4.81. The van der Waals surface area contributed by atoms with Crippen molar-refractivity contribution in [1.82, 2.24) is 4.57 Å². The van der Waals surface area contributed by atoms with E-state index in [4.69, 9.17) is 4.74 Å². The number of thiophene rings is 1. The fraction of sp³-hybridized carbons (Fsp3) is 0.233. The number of rotatable bonds is 7. The molecule has 3 atom stereocenters. The molecular weight excluding hydrogens is 652 g/mol. The lowest BCUT2D eigenvalue weighted by molar-refractivity contribution is -0.137. The van der Waals surface area contributed by atoms with E-state index >= 15 is 0 Å². The highest BCUT2D eigenvalue weighted by atomic mass is 32.2. The van der Waals surface area contributed by atoms with Crippen molar-refractivity contribution in [3.8, 4) is 0 Å². The van der Waals surface area contributed by atoms with Crippen LogP contribution in [-0.2, 0) is 31.8 Å². The summed E-state index contributed by atoms with van der Waals surface area (Å²) in [7, 11) is 0. The number of hydrogen-bond acceptors (Lipinski definition) is 9. The van der Waals surface area contributed by atoms with Crippen LogP contribution in [0.15, 0.2) is 75.9 Å². The van der Waals surface area contributed by atoms with Gasteiger partial charge >= 0.3 is 17.0 Å². The predicted octanol–water partition coefficient (Wildman–Crippen LogP) is 5.60. The molecule has 4 aromatic rings. The molecule has 0 saturated carbocycles. The Morgan fingerprint density at radius 3 is 2.38 bits per heavy atom. The number of alkyl halides is 3. The van der Waals surface area contributed by atoms with Crippen LogP contribution in [0.3, 0.4) is 0 Å². The van der Waals surface area contributed by atoms with E-state index in [0.29, 0.717) is 30.9 Å². The Bertz CT molecular complexity index is 1870. The molecule has 15 heteroatoms. The third-order valence-corrected chi connectivity index (χ3v) is 10.9. The first-order chi connectivity index (χ1) is 21.5. The quantitative estimate of drug-likeness (QED) is 0.201. The number of anilines is 2. The number of thioether (sulfide) groups is 1. The number of benzene rings is 2. The Morgan fingerprint density at radius 1 is 0.978 bits per heavy atom. The first kappa shape index (κ1) is 30.8. The first-order valence-corrected chi connectivity index (χ1v) is 16.1. The molecule has 9 nitrogen and oxygen atoms in total. The Morgan fingerprint density at radius 2 is 1.71 bits per heavy atom. The van der Waals surface area contributed by atoms with Crippen LogP contribution in [0.2, 0.25) is 0 Å². The summed E-state index contributed by atoms with van der Waals surface area (Å²) in [6.45, 7) is 1.47. The second-order valence-corrected chi connectivity index (χ2v) is 13.2. The van der Waals surface area contributed by atoms with Gasteiger partial charge in [-0.2, -0.15) is 13.2 Å². The molecule has 232 valence electrons. The normalized spacial score (nSPS) is 19.3. The Kier molecular flexibility index (Phi) is 8.18. The zero-order valence-corrected chi connectivity index (χ0v) is 25.6. The molecule has 0 radical (unpaired) electrons. The number of nitrogens with one attached hydrogen (secondary N) is 1. The number of aromatic nitrogens is 1. The number of imide groups is 1. The van der Waals surface area contributed by atoms with E-state index in [-0.39, 0.29) is 6.61 Å². The minimum absolute atomic E-state index is 0.211. The molecule has 0 bridgehead atoms. The van der Waals surface area contributed by atoms with Crippen molar-refractivity contribution >= 4 is 69.5 Å². The highest BCUT2D eigenvalue weighted by Crippen LogP contribution is 2.55. The molecule has 45 heavy (non-hydrogen) atoms. The molecule has 2 aromatic carbocycles. The van der Waals surface area contributed by atoms with Gasteiger partial charge in [-0.1, -0.05) is 41.3 Å². The maximum Gasteiger partial charge on any atom is 0.418 e. The zero-order chi connectivity index (χ0) is 32.0. The minimum Gasteiger partial charge on any atom is -0.462 e. The topological polar surface area (TPSA) is 115 Å². The summed E-state index contributed by atoms with van der Waals surface area (Å²) < 4.78 is 47.9. The lowest BCUT2D eigenvalue weighted by Gasteiger charge is -2.29. The number of ether oxygens (including phenoxy) is 1. The third kappa shape index (κ3) is 5.59. The van der Waals surface area contributed by atoms with Gasteiger partial charge in [0.15, 0.2) is 0 Å². The van der Waals surface area contributed by atoms with Gasteiger partial charge in [0.2, 0.25) is 17.7 Å². The summed E-state index contributed by atoms with van der Waals surface area (Å²) >= 11 is 3.05. The maximum atomic E-state index is 13.9. The Balaban J connectivity index is 1.33. The fourth-order valence-corrected chi connectivity index (χ4v) is 9.15. The number of fused-ring (bicyclic) bond motifs is 2. The molecule has 2 unspecified atom stereocenters. The van der Waals surface area contributed by atoms with Gasteiger partial charge < -0.3 is 10.1 Å². The van der Waals surface area contributed by atoms with Crippen molar-refractivity contribution in [2.24, 2.45) is 5.92 Å². The van der Waals surface area contributed by atoms with Crippen molar-refractivity contribution < 1.29 is 37.1 Å². The number of thiazole rings is 1. The highest BCUT2D eigenvalue weighted by molar-refractivity contribution is 8.00. The molecule has 1 fully saturated rings. The zero-order valence-electron chi connectivity index (χ0n) is 23.2. The molecule has 0 spiro atoms. The molecule has 1 N–H and O–H groups in total. The van der Waals surface area contributed by atoms with Crippen molar-refractivity contribution in [1.29, 1.82) is 0 Å². The van der Waals surface area contributed by atoms with Crippen molar-refractivity contribution in [3.63, 3.8) is 0 Å². The van der Waals surface area contributed by atoms with Gasteiger partial charge in [-0.3, -0.25) is 23.7 Å². The molecule has 4 heterocycles. The van der Waals surface area contributed by atoms with Crippen LogP contribution in [0.1, 0.15) is 38.5 Å². The molecule has 0 aliphatic carbocycles. The number of halogens is 3. The summed E-state index contributed by atoms with van der Waals surface area (Å²) in [5, 5.41) is 3.62. The highest BCUT2D eigenvalue weighted by Gasteiger charge is 2.58. The monoisotopic (exact) mass is 673 g/mol. The second kappa shape index (κ2) is 11.9. The molecular formula is C30H22F3N3O6S3. The van der Waals surface area contributed by atoms with Gasteiger partial charge in [0, 0.05) is 21.4 Å². The van der Waals surface area contributed by atoms with Crippen molar-refractivity contribution in [2.75, 3.05) is 16.8 Å². The van der Waals surface area contributed by atoms with E-state index in [0.717, 1.165) is 35.2 Å². The molecule has 2 aliphatic rings. The second-order valence-electron chi connectivity index (χ2n) is 10.1. The largest absolute Gasteiger partial charge is 0.462 e. The van der Waals surface area contributed by atoms with E-state index in [2.05, 4.69) is 5.32 Å². The number of hydrogen-bond donors (Lipinski definition) is 1. The Labute approximate surface area is 265 Å². The van der Waals surface area contributed by atoms with Gasteiger partial charge in [-0.05, 0) is 54.8 Å². The molecule has 3 amide bonds. The van der Waals surface area contributed by atoms with E-state index in [9.17, 15) is 37.1 Å². The van der Waals surface area contributed by atoms with Crippen LogP contribution in [0.4, 0.5) is 24.5 Å². The van der Waals surface area contributed by atoms with Crippen LogP contribution in [0, 0.1) is 5.92 Å². The van der Waals surface area contributed by atoms with Crippen LogP contribution < -0.4 is 15.1 Å². The number of amides is 3. The van der Waals surface area contributed by atoms with Gasteiger partial charge in [-0.25, -0.2) is 9.69 Å². The average molecular weight is 674 g/mol. The van der Waals surface area contributed by atoms with Gasteiger partial charge in [-0.15, -0.1) is 11.3 Å². The minimum atomic E-state index is -4.81. The lowest BCUT2D eigenvalue weighted by Crippen LogP contribution is -2.33. The maximum absolute atomic E-state index is 13.9. The SMILES string of the molecule is CCOC(=O)c1ccc(NC(=O)Cn2c3c(sc2=O)[C@H](c2cccs2)C2C(=O)N(c4ccccc4C(F)(F)F)C(=O)C2S3)cc1. The van der Waals surface area contributed by atoms with E-state index in [1.807, 2.05) is 0 Å². The fourth-order valence-electron chi connectivity index (χ4n) is 5.42. The summed E-state index contributed by atoms with van der Waals surface area (Å²) in [4.78, 5) is 67.1. The number of carbonyl (C=O) groups is 4. The third-order valence-electron chi connectivity index (χ3n) is 7.33. The molecule has 2 aliphatic heterocycles. The standard InChI is InChI=1S/C30H22F3N3O6S3/c1-2-42-28(40)15-9-11-16(12-10-15)34-20(37)14-35-27-24(45-29(35)41)21(19-8-5-13-43-19)22-23(44-27)26(39)36(25(22)38)18-7-4-3-6-17(18)30(31,32)33/h3-13,21-23H,2,14H2,1H3,(H,34,37)/t21-,22?,23?/m1/s1. The van der Waals surface area contributed by atoms with Gasteiger partial charge in [0.1, 0.15) is 11.8 Å². The number of carbonyl (C=O) groups excluding carboxylic acids is 4. The number of para-hydroxylation sites is 1. The smallest absolute Gasteiger partial charge is 0.418 e. The van der Waals surface area contributed by atoms with E-state index < -0.39 is 69.6 Å². The van der Waals surface area contributed by atoms with Gasteiger partial charge in [0.25, 0.3) is 0 Å². The first-order valence-electron chi connectivity index (χ1n) is 13.5. The summed E-state index contributed by atoms with van der Waals surface area (Å²) in [5.74, 6) is -4.52. The molecule has 6 rings (SSSR count). The van der Waals surface area contributed by atoms with Crippen molar-refractivity contribution in [3.05, 3.63) is 96.6 Å². The lowest BCUT2D eigenvalue weighted by atomic mass is 9.87. The number of esters is 1. The van der Waals surface area contributed by atoms with Crippen LogP contribution in [0.25, 0.3) is 0 Å². The molecule has 2 aromatic heterocycles. The summed E-state index contributed by atoms with van der Waals surface area (Å²) in [6, 6.07) is 13.9. The van der Waals surface area contributed by atoms with E-state index in [1.54, 1.807) is 24.4 Å². The van der Waals surface area contributed by atoms with Crippen LogP contribution >= 0.6 is 34.4 Å². The molecule has 1 saturated heterocycles. The average Bonchev–Trinajstić information content (AvgIpc) is 3.70. The predicted molar refractivity (Wildman–Crippen MR) is 163 cm³/mol. The Hall–Kier alpha value is -4.21. The van der Waals surface area contributed by atoms with Crippen LogP contribution in [-0.4, -0.2) is 40.1 Å². The van der Waals surface area contributed by atoms with Gasteiger partial charge in [0.05, 0.1) is 34.4 Å². The van der Waals surface area contributed by atoms with Crippen molar-refractivity contribution in [2.45, 2.75) is 35.8 Å². The van der Waals surface area contributed by atoms with E-state index in [1.165, 1.54) is 52.3 Å².